The largest absolute Gasteiger partial charge is 0.488 e. The molecule has 2 atom stereocenters. The molecule has 3 heterocycles. The van der Waals surface area contributed by atoms with Gasteiger partial charge in [0.2, 0.25) is 0 Å². The summed E-state index contributed by atoms with van der Waals surface area (Å²) in [6, 6.07) is 4.04. The molecule has 0 aliphatic carbocycles. The lowest BCUT2D eigenvalue weighted by molar-refractivity contribution is -0.0468. The Bertz CT molecular complexity index is 963. The Labute approximate surface area is 165 Å². The maximum Gasteiger partial charge on any atom is 0.147 e. The van der Waals surface area contributed by atoms with Crippen LogP contribution in [0.4, 0.5) is 0 Å². The molecule has 1 fully saturated rings. The van der Waals surface area contributed by atoms with E-state index >= 15 is 0 Å². The molecule has 0 radical (unpaired) electrons. The topological polar surface area (TPSA) is 74.1 Å². The minimum absolute atomic E-state index is 0.0165. The molecule has 7 nitrogen and oxygen atoms in total. The van der Waals surface area contributed by atoms with Crippen molar-refractivity contribution in [2.75, 3.05) is 19.7 Å². The van der Waals surface area contributed by atoms with E-state index in [1.54, 1.807) is 12.4 Å². The molecule has 1 saturated heterocycles. The van der Waals surface area contributed by atoms with Gasteiger partial charge in [0.1, 0.15) is 24.0 Å². The standard InChI is InChI=1S/C21H27N5O2/c1-14-9-22-11-17(28-14)13-27-19-8-15(7-18-20(19)24-6-5-23-18)16-10-25-26(12-16)21(2,3)4/h5-8,10,12,14,17,22H,9,11,13H2,1-4H3/t14-,17+/m1/s1. The summed E-state index contributed by atoms with van der Waals surface area (Å²) in [6.45, 7) is 10.6. The minimum Gasteiger partial charge on any atom is -0.488 e. The average Bonchev–Trinajstić information content (AvgIpc) is 3.17. The zero-order chi connectivity index (χ0) is 19.7. The van der Waals surface area contributed by atoms with Gasteiger partial charge in [0.15, 0.2) is 0 Å². The summed E-state index contributed by atoms with van der Waals surface area (Å²) in [6.07, 6.45) is 7.52. The molecule has 3 aromatic rings. The quantitative estimate of drug-likeness (QED) is 0.749. The lowest BCUT2D eigenvalue weighted by Crippen LogP contribution is -2.45. The van der Waals surface area contributed by atoms with Crippen molar-refractivity contribution in [3.05, 3.63) is 36.9 Å². The number of morpholine rings is 1. The van der Waals surface area contributed by atoms with Crippen LogP contribution in [0.1, 0.15) is 27.7 Å². The second-order valence-corrected chi connectivity index (χ2v) is 8.28. The van der Waals surface area contributed by atoms with E-state index in [9.17, 15) is 0 Å². The fourth-order valence-corrected chi connectivity index (χ4v) is 3.31. The number of nitrogens with one attached hydrogen (secondary N) is 1. The van der Waals surface area contributed by atoms with Crippen LogP contribution >= 0.6 is 0 Å². The van der Waals surface area contributed by atoms with E-state index < -0.39 is 0 Å². The molecule has 7 heteroatoms. The molecular formula is C21H27N5O2. The van der Waals surface area contributed by atoms with Crippen LogP contribution in [0.2, 0.25) is 0 Å². The zero-order valence-electron chi connectivity index (χ0n) is 16.8. The Kier molecular flexibility index (Phi) is 5.03. The van der Waals surface area contributed by atoms with Gasteiger partial charge in [-0.25, -0.2) is 4.98 Å². The molecule has 1 aromatic carbocycles. The maximum atomic E-state index is 6.15. The number of ether oxygens (including phenoxy) is 2. The van der Waals surface area contributed by atoms with Crippen LogP contribution < -0.4 is 10.1 Å². The van der Waals surface area contributed by atoms with Crippen LogP contribution in [0.25, 0.3) is 22.2 Å². The number of hydrogen-bond donors (Lipinski definition) is 1. The molecule has 0 bridgehead atoms. The van der Waals surface area contributed by atoms with Gasteiger partial charge in [0, 0.05) is 37.2 Å². The smallest absolute Gasteiger partial charge is 0.147 e. The summed E-state index contributed by atoms with van der Waals surface area (Å²) in [4.78, 5) is 8.95. The molecule has 4 rings (SSSR count). The van der Waals surface area contributed by atoms with Crippen LogP contribution in [-0.2, 0) is 10.3 Å². The van der Waals surface area contributed by atoms with E-state index in [1.807, 2.05) is 23.0 Å². The first-order valence-corrected chi connectivity index (χ1v) is 9.69. The Hall–Kier alpha value is -2.51. The fraction of sp³-hybridized carbons (Fsp3) is 0.476. The van der Waals surface area contributed by atoms with Gasteiger partial charge in [-0.15, -0.1) is 0 Å². The third-order valence-electron chi connectivity index (χ3n) is 4.80. The number of aromatic nitrogens is 4. The number of hydrogen-bond acceptors (Lipinski definition) is 6. The van der Waals surface area contributed by atoms with Crippen molar-refractivity contribution < 1.29 is 9.47 Å². The predicted octanol–water partition coefficient (Wildman–Crippen LogP) is 3.00. The van der Waals surface area contributed by atoms with Crippen molar-refractivity contribution in [2.24, 2.45) is 0 Å². The summed E-state index contributed by atoms with van der Waals surface area (Å²) in [5.41, 5.74) is 3.52. The Balaban J connectivity index is 1.64. The van der Waals surface area contributed by atoms with Gasteiger partial charge in [-0.3, -0.25) is 9.67 Å². The molecule has 148 valence electrons. The van der Waals surface area contributed by atoms with Crippen molar-refractivity contribution in [3.8, 4) is 16.9 Å². The van der Waals surface area contributed by atoms with Gasteiger partial charge in [-0.1, -0.05) is 0 Å². The highest BCUT2D eigenvalue weighted by atomic mass is 16.5. The van der Waals surface area contributed by atoms with E-state index in [1.165, 1.54) is 0 Å². The van der Waals surface area contributed by atoms with Crippen LogP contribution in [0.15, 0.2) is 36.9 Å². The second-order valence-electron chi connectivity index (χ2n) is 8.28. The van der Waals surface area contributed by atoms with Gasteiger partial charge in [-0.2, -0.15) is 5.10 Å². The number of nitrogens with zero attached hydrogens (tertiary/aromatic N) is 4. The summed E-state index contributed by atoms with van der Waals surface area (Å²) < 4.78 is 14.1. The maximum absolute atomic E-state index is 6.15. The zero-order valence-corrected chi connectivity index (χ0v) is 16.8. The Morgan fingerprint density at radius 2 is 2.00 bits per heavy atom. The van der Waals surface area contributed by atoms with E-state index in [2.05, 4.69) is 54.3 Å². The van der Waals surface area contributed by atoms with E-state index in [0.717, 1.165) is 35.2 Å². The van der Waals surface area contributed by atoms with E-state index in [4.69, 9.17) is 9.47 Å². The molecule has 1 N–H and O–H groups in total. The molecule has 0 unspecified atom stereocenters. The molecule has 28 heavy (non-hydrogen) atoms. The third kappa shape index (κ3) is 4.00. The third-order valence-corrected chi connectivity index (χ3v) is 4.80. The number of fused-ring (bicyclic) bond motifs is 1. The van der Waals surface area contributed by atoms with Crippen molar-refractivity contribution in [2.45, 2.75) is 45.4 Å². The predicted molar refractivity (Wildman–Crippen MR) is 108 cm³/mol. The van der Waals surface area contributed by atoms with Gasteiger partial charge in [-0.05, 0) is 45.4 Å². The summed E-state index contributed by atoms with van der Waals surface area (Å²) >= 11 is 0. The molecule has 1 aliphatic heterocycles. The Morgan fingerprint density at radius 1 is 1.18 bits per heavy atom. The fourth-order valence-electron chi connectivity index (χ4n) is 3.31. The van der Waals surface area contributed by atoms with Gasteiger partial charge in [0.05, 0.1) is 23.4 Å². The summed E-state index contributed by atoms with van der Waals surface area (Å²) in [5, 5.41) is 7.88. The highest BCUT2D eigenvalue weighted by Crippen LogP contribution is 2.31. The highest BCUT2D eigenvalue weighted by molar-refractivity contribution is 5.86. The van der Waals surface area contributed by atoms with Gasteiger partial charge >= 0.3 is 0 Å². The molecular weight excluding hydrogens is 354 g/mol. The van der Waals surface area contributed by atoms with Gasteiger partial charge < -0.3 is 14.8 Å². The number of benzene rings is 1. The molecule has 0 spiro atoms. The Morgan fingerprint density at radius 3 is 2.75 bits per heavy atom. The lowest BCUT2D eigenvalue weighted by Gasteiger charge is -2.28. The molecule has 0 amide bonds. The van der Waals surface area contributed by atoms with E-state index in [0.29, 0.717) is 12.4 Å². The lowest BCUT2D eigenvalue weighted by atomic mass is 10.1. The van der Waals surface area contributed by atoms with Gasteiger partial charge in [0.25, 0.3) is 0 Å². The first-order valence-electron chi connectivity index (χ1n) is 9.69. The van der Waals surface area contributed by atoms with Crippen LogP contribution in [-0.4, -0.2) is 51.7 Å². The average molecular weight is 381 g/mol. The normalized spacial score (nSPS) is 20.4. The van der Waals surface area contributed by atoms with Crippen molar-refractivity contribution in [3.63, 3.8) is 0 Å². The second kappa shape index (κ2) is 7.48. The molecule has 2 aromatic heterocycles. The monoisotopic (exact) mass is 381 g/mol. The van der Waals surface area contributed by atoms with Crippen molar-refractivity contribution >= 4 is 11.0 Å². The van der Waals surface area contributed by atoms with Crippen molar-refractivity contribution in [1.82, 2.24) is 25.1 Å². The summed E-state index contributed by atoms with van der Waals surface area (Å²) in [7, 11) is 0. The van der Waals surface area contributed by atoms with Crippen LogP contribution in [0.5, 0.6) is 5.75 Å². The van der Waals surface area contributed by atoms with Crippen LogP contribution in [0, 0.1) is 0 Å². The van der Waals surface area contributed by atoms with E-state index in [-0.39, 0.29) is 17.7 Å². The first kappa shape index (κ1) is 18.8. The number of rotatable bonds is 4. The summed E-state index contributed by atoms with van der Waals surface area (Å²) in [5.74, 6) is 0.714. The molecule has 1 aliphatic rings. The first-order chi connectivity index (χ1) is 13.4. The minimum atomic E-state index is -0.0732. The highest BCUT2D eigenvalue weighted by Gasteiger charge is 2.20. The SMILES string of the molecule is C[C@@H]1CNC[C@@H](COc2cc(-c3cnn(C(C)(C)C)c3)cc3nccnc23)O1. The molecule has 0 saturated carbocycles. The van der Waals surface area contributed by atoms with Crippen molar-refractivity contribution in [1.29, 1.82) is 0 Å². The van der Waals surface area contributed by atoms with Crippen LogP contribution in [0.3, 0.4) is 0 Å².